The molecule has 2 aliphatic rings. The molecule has 1 aromatic heterocycles. The van der Waals surface area contributed by atoms with E-state index in [9.17, 15) is 0 Å². The normalized spacial score (nSPS) is 27.8. The number of allylic oxidation sites excluding steroid dienone is 3. The highest BCUT2D eigenvalue weighted by Crippen LogP contribution is 2.38. The van der Waals surface area contributed by atoms with Gasteiger partial charge < -0.3 is 9.73 Å². The van der Waals surface area contributed by atoms with Gasteiger partial charge in [-0.15, -0.1) is 0 Å². The van der Waals surface area contributed by atoms with E-state index >= 15 is 0 Å². The summed E-state index contributed by atoms with van der Waals surface area (Å²) in [5, 5.41) is 6.51. The fourth-order valence-electron chi connectivity index (χ4n) is 5.23. The molecule has 4 unspecified atom stereocenters. The van der Waals surface area contributed by atoms with Gasteiger partial charge in [0, 0.05) is 22.9 Å². The lowest BCUT2D eigenvalue weighted by Gasteiger charge is -2.42. The first-order valence-corrected chi connectivity index (χ1v) is 10.7. The van der Waals surface area contributed by atoms with Gasteiger partial charge >= 0.3 is 0 Å². The van der Waals surface area contributed by atoms with Crippen LogP contribution in [0.1, 0.15) is 44.6 Å². The van der Waals surface area contributed by atoms with Crippen LogP contribution in [0.3, 0.4) is 0 Å². The molecule has 3 aromatic rings. The molecule has 1 aliphatic heterocycles. The van der Waals surface area contributed by atoms with Crippen molar-refractivity contribution in [1.29, 1.82) is 0 Å². The van der Waals surface area contributed by atoms with Crippen molar-refractivity contribution >= 4 is 21.9 Å². The molecule has 1 aliphatic carbocycles. The lowest BCUT2D eigenvalue weighted by Crippen LogP contribution is -2.51. The molecule has 2 nitrogen and oxygen atoms in total. The van der Waals surface area contributed by atoms with Gasteiger partial charge in [-0.2, -0.15) is 0 Å². The van der Waals surface area contributed by atoms with Crippen molar-refractivity contribution in [3.05, 3.63) is 72.3 Å². The highest BCUT2D eigenvalue weighted by atomic mass is 16.3. The highest BCUT2D eigenvalue weighted by molar-refractivity contribution is 6.05. The minimum atomic E-state index is 0.508. The maximum Gasteiger partial charge on any atom is 0.135 e. The van der Waals surface area contributed by atoms with Crippen LogP contribution in [0.25, 0.3) is 21.9 Å². The zero-order chi connectivity index (χ0) is 19.1. The minimum Gasteiger partial charge on any atom is -0.456 e. The Morgan fingerprint density at radius 3 is 2.64 bits per heavy atom. The first-order chi connectivity index (χ1) is 13.7. The Kier molecular flexibility index (Phi) is 4.60. The van der Waals surface area contributed by atoms with E-state index in [1.807, 2.05) is 6.07 Å². The van der Waals surface area contributed by atoms with Crippen molar-refractivity contribution in [2.45, 2.75) is 51.1 Å². The highest BCUT2D eigenvalue weighted by Gasteiger charge is 2.35. The van der Waals surface area contributed by atoms with Crippen LogP contribution in [-0.2, 0) is 0 Å². The first-order valence-electron chi connectivity index (χ1n) is 10.7. The lowest BCUT2D eigenvalue weighted by atomic mass is 9.74. The van der Waals surface area contributed by atoms with Crippen molar-refractivity contribution in [2.24, 2.45) is 11.8 Å². The van der Waals surface area contributed by atoms with E-state index < -0.39 is 0 Å². The van der Waals surface area contributed by atoms with Gasteiger partial charge in [-0.1, -0.05) is 62.4 Å². The monoisotopic (exact) mass is 371 g/mol. The average molecular weight is 372 g/mol. The summed E-state index contributed by atoms with van der Waals surface area (Å²) in [6, 6.07) is 16.3. The van der Waals surface area contributed by atoms with E-state index in [0.29, 0.717) is 29.8 Å². The predicted molar refractivity (Wildman–Crippen MR) is 118 cm³/mol. The number of hydrogen-bond acceptors (Lipinski definition) is 2. The number of hydrogen-bond donors (Lipinski definition) is 1. The van der Waals surface area contributed by atoms with Crippen molar-refractivity contribution in [3.8, 4) is 0 Å². The third-order valence-electron chi connectivity index (χ3n) is 6.71. The van der Waals surface area contributed by atoms with E-state index in [2.05, 4.69) is 79.9 Å². The van der Waals surface area contributed by atoms with Gasteiger partial charge in [-0.3, -0.25) is 0 Å². The minimum absolute atomic E-state index is 0.508. The molecule has 0 saturated carbocycles. The summed E-state index contributed by atoms with van der Waals surface area (Å²) in [7, 11) is 0. The van der Waals surface area contributed by atoms with Gasteiger partial charge in [0.05, 0.1) is 0 Å². The smallest absolute Gasteiger partial charge is 0.135 e. The summed E-state index contributed by atoms with van der Waals surface area (Å²) in [5.41, 5.74) is 3.42. The Balaban J connectivity index is 1.46. The Bertz CT molecular complexity index is 1040. The van der Waals surface area contributed by atoms with Gasteiger partial charge in [0.2, 0.25) is 0 Å². The van der Waals surface area contributed by atoms with E-state index in [-0.39, 0.29) is 0 Å². The fourth-order valence-corrected chi connectivity index (χ4v) is 5.23. The molecule has 1 N–H and O–H groups in total. The number of piperidine rings is 1. The molecule has 0 amide bonds. The molecular weight excluding hydrogens is 342 g/mol. The second-order valence-corrected chi connectivity index (χ2v) is 8.79. The van der Waals surface area contributed by atoms with Crippen LogP contribution < -0.4 is 5.32 Å². The van der Waals surface area contributed by atoms with Gasteiger partial charge in [-0.25, -0.2) is 0 Å². The van der Waals surface area contributed by atoms with Crippen LogP contribution in [0.15, 0.2) is 71.2 Å². The van der Waals surface area contributed by atoms with Crippen molar-refractivity contribution in [2.75, 3.05) is 0 Å². The van der Waals surface area contributed by atoms with Crippen LogP contribution in [0.2, 0.25) is 0 Å². The van der Waals surface area contributed by atoms with E-state index in [4.69, 9.17) is 4.42 Å². The number of benzene rings is 2. The average Bonchev–Trinajstić information content (AvgIpc) is 3.12. The van der Waals surface area contributed by atoms with Crippen LogP contribution in [-0.4, -0.2) is 12.1 Å². The Morgan fingerprint density at radius 1 is 0.964 bits per heavy atom. The quantitative estimate of drug-likeness (QED) is 0.562. The Morgan fingerprint density at radius 2 is 1.82 bits per heavy atom. The van der Waals surface area contributed by atoms with Gasteiger partial charge in [0.15, 0.2) is 0 Å². The standard InChI is InChI=1S/C26H29NO/c1-17(2)26-20(13-14-23(27-26)18-8-4-3-5-9-18)19-12-15-25-22(16-19)21-10-6-7-11-24(21)28-25/h3-8,10-12,15-18,20,23,26-27H,9,13-14H2,1-2H3. The topological polar surface area (TPSA) is 25.2 Å². The number of nitrogens with one attached hydrogen (secondary N) is 1. The summed E-state index contributed by atoms with van der Waals surface area (Å²) in [6.45, 7) is 4.71. The molecule has 4 atom stereocenters. The van der Waals surface area contributed by atoms with Crippen molar-refractivity contribution in [1.82, 2.24) is 5.32 Å². The Hall–Kier alpha value is -2.32. The number of rotatable bonds is 3. The largest absolute Gasteiger partial charge is 0.456 e. The number of furan rings is 1. The molecule has 2 aromatic carbocycles. The molecular formula is C26H29NO. The second kappa shape index (κ2) is 7.25. The molecule has 28 heavy (non-hydrogen) atoms. The molecule has 2 heteroatoms. The Labute approximate surface area is 167 Å². The maximum atomic E-state index is 6.04. The third-order valence-corrected chi connectivity index (χ3v) is 6.71. The number of fused-ring (bicyclic) bond motifs is 3. The molecule has 1 fully saturated rings. The van der Waals surface area contributed by atoms with E-state index in [1.54, 1.807) is 0 Å². The summed E-state index contributed by atoms with van der Waals surface area (Å²) in [4.78, 5) is 0. The van der Waals surface area contributed by atoms with Crippen LogP contribution in [0, 0.1) is 11.8 Å². The summed E-state index contributed by atoms with van der Waals surface area (Å²) < 4.78 is 6.04. The molecule has 0 spiro atoms. The molecule has 2 heterocycles. The number of para-hydroxylation sites is 1. The molecule has 1 saturated heterocycles. The molecule has 144 valence electrons. The van der Waals surface area contributed by atoms with Crippen molar-refractivity contribution in [3.63, 3.8) is 0 Å². The fraction of sp³-hybridized carbons (Fsp3) is 0.385. The van der Waals surface area contributed by atoms with Gasteiger partial charge in [0.1, 0.15) is 11.2 Å². The van der Waals surface area contributed by atoms with Crippen LogP contribution in [0.5, 0.6) is 0 Å². The maximum absolute atomic E-state index is 6.04. The summed E-state index contributed by atoms with van der Waals surface area (Å²) >= 11 is 0. The zero-order valence-electron chi connectivity index (χ0n) is 16.8. The van der Waals surface area contributed by atoms with Crippen LogP contribution >= 0.6 is 0 Å². The van der Waals surface area contributed by atoms with E-state index in [1.165, 1.54) is 29.2 Å². The van der Waals surface area contributed by atoms with Gasteiger partial charge in [0.25, 0.3) is 0 Å². The summed E-state index contributed by atoms with van der Waals surface area (Å²) in [6.07, 6.45) is 12.7. The van der Waals surface area contributed by atoms with Crippen molar-refractivity contribution < 1.29 is 4.42 Å². The second-order valence-electron chi connectivity index (χ2n) is 8.79. The van der Waals surface area contributed by atoms with E-state index in [0.717, 1.165) is 17.6 Å². The van der Waals surface area contributed by atoms with Crippen LogP contribution in [0.4, 0.5) is 0 Å². The first kappa shape index (κ1) is 17.8. The third kappa shape index (κ3) is 3.10. The summed E-state index contributed by atoms with van der Waals surface area (Å²) in [5.74, 6) is 1.79. The molecule has 0 bridgehead atoms. The molecule has 5 rings (SSSR count). The SMILES string of the molecule is CC(C)C1NC(C2C=CC=CC2)CCC1c1ccc2oc3ccccc3c2c1. The lowest BCUT2D eigenvalue weighted by molar-refractivity contribution is 0.207. The zero-order valence-corrected chi connectivity index (χ0v) is 16.8. The van der Waals surface area contributed by atoms with Gasteiger partial charge in [-0.05, 0) is 60.8 Å². The molecule has 0 radical (unpaired) electrons. The predicted octanol–water partition coefficient (Wildman–Crippen LogP) is 6.58.